The third-order valence-corrected chi connectivity index (χ3v) is 3.20. The van der Waals surface area contributed by atoms with Crippen molar-refractivity contribution >= 4 is 17.4 Å². The number of rotatable bonds is 3. The second kappa shape index (κ2) is 4.57. The number of hydrogen-bond donors (Lipinski definition) is 1. The number of thioether (sulfide) groups is 1. The number of benzene rings is 1. The second-order valence-electron chi connectivity index (χ2n) is 3.45. The van der Waals surface area contributed by atoms with Crippen LogP contribution in [0.4, 0.5) is 10.1 Å². The van der Waals surface area contributed by atoms with Gasteiger partial charge in [0.1, 0.15) is 5.82 Å². The molecule has 0 radical (unpaired) electrons. The van der Waals surface area contributed by atoms with Crippen molar-refractivity contribution in [1.82, 2.24) is 9.78 Å². The normalized spacial score (nSPS) is 10.6. The Balaban J connectivity index is 2.10. The minimum absolute atomic E-state index is 0.253. The Bertz CT molecular complexity index is 475. The van der Waals surface area contributed by atoms with Crippen LogP contribution in [0.5, 0.6) is 0 Å². The van der Waals surface area contributed by atoms with Crippen LogP contribution in [-0.4, -0.2) is 9.78 Å². The molecule has 0 fully saturated rings. The van der Waals surface area contributed by atoms with Gasteiger partial charge in [0.2, 0.25) is 0 Å². The summed E-state index contributed by atoms with van der Waals surface area (Å²) >= 11 is 1.52. The Morgan fingerprint density at radius 2 is 2.31 bits per heavy atom. The number of nitrogen functional groups attached to an aromatic ring is 1. The van der Waals surface area contributed by atoms with E-state index in [1.807, 2.05) is 13.2 Å². The van der Waals surface area contributed by atoms with Crippen LogP contribution in [0.15, 0.2) is 35.5 Å². The summed E-state index contributed by atoms with van der Waals surface area (Å²) < 4.78 is 15.2. The van der Waals surface area contributed by atoms with Gasteiger partial charge >= 0.3 is 0 Å². The Hall–Kier alpha value is -1.49. The molecule has 1 heterocycles. The van der Waals surface area contributed by atoms with Gasteiger partial charge in [-0.3, -0.25) is 4.68 Å². The van der Waals surface area contributed by atoms with E-state index in [-0.39, 0.29) is 5.82 Å². The quantitative estimate of drug-likeness (QED) is 0.658. The highest BCUT2D eigenvalue weighted by molar-refractivity contribution is 7.98. The van der Waals surface area contributed by atoms with Gasteiger partial charge in [0.05, 0.1) is 6.20 Å². The molecule has 0 aliphatic carbocycles. The van der Waals surface area contributed by atoms with Crippen LogP contribution < -0.4 is 5.73 Å². The van der Waals surface area contributed by atoms with Crippen molar-refractivity contribution < 1.29 is 4.39 Å². The first kappa shape index (κ1) is 11.0. The van der Waals surface area contributed by atoms with E-state index >= 15 is 0 Å². The summed E-state index contributed by atoms with van der Waals surface area (Å²) in [7, 11) is 1.85. The van der Waals surface area contributed by atoms with Gasteiger partial charge in [0, 0.05) is 35.1 Å². The molecule has 2 rings (SSSR count). The van der Waals surface area contributed by atoms with E-state index in [4.69, 9.17) is 5.73 Å². The molecule has 1 aromatic heterocycles. The Kier molecular flexibility index (Phi) is 3.14. The van der Waals surface area contributed by atoms with Crippen molar-refractivity contribution in [2.75, 3.05) is 5.73 Å². The number of halogens is 1. The van der Waals surface area contributed by atoms with Crippen LogP contribution in [0, 0.1) is 5.82 Å². The summed E-state index contributed by atoms with van der Waals surface area (Å²) in [5.74, 6) is 0.265. The van der Waals surface area contributed by atoms with E-state index in [1.165, 1.54) is 17.8 Å². The molecule has 5 heteroatoms. The smallest absolute Gasteiger partial charge is 0.129 e. The summed E-state index contributed by atoms with van der Waals surface area (Å²) in [5.41, 5.74) is 6.77. The third kappa shape index (κ3) is 2.36. The van der Waals surface area contributed by atoms with Crippen LogP contribution >= 0.6 is 11.8 Å². The summed E-state index contributed by atoms with van der Waals surface area (Å²) in [4.78, 5) is 1.00. The average Bonchev–Trinajstić information content (AvgIpc) is 2.63. The van der Waals surface area contributed by atoms with Crippen LogP contribution in [0.1, 0.15) is 5.56 Å². The molecule has 0 spiro atoms. The lowest BCUT2D eigenvalue weighted by atomic mass is 10.2. The van der Waals surface area contributed by atoms with E-state index in [9.17, 15) is 4.39 Å². The first-order chi connectivity index (χ1) is 7.66. The van der Waals surface area contributed by atoms with E-state index in [0.717, 1.165) is 4.90 Å². The molecule has 0 saturated heterocycles. The van der Waals surface area contributed by atoms with Gasteiger partial charge in [0.15, 0.2) is 0 Å². The summed E-state index contributed by atoms with van der Waals surface area (Å²) in [6, 6.07) is 4.75. The zero-order valence-corrected chi connectivity index (χ0v) is 9.67. The van der Waals surface area contributed by atoms with E-state index in [2.05, 4.69) is 5.10 Å². The van der Waals surface area contributed by atoms with Gasteiger partial charge in [-0.15, -0.1) is 11.8 Å². The molecule has 84 valence electrons. The Labute approximate surface area is 97.5 Å². The van der Waals surface area contributed by atoms with Crippen molar-refractivity contribution in [3.05, 3.63) is 42.0 Å². The molecule has 16 heavy (non-hydrogen) atoms. The van der Waals surface area contributed by atoms with Crippen molar-refractivity contribution in [2.24, 2.45) is 7.05 Å². The Morgan fingerprint density at radius 1 is 1.50 bits per heavy atom. The number of aryl methyl sites for hydroxylation is 1. The lowest BCUT2D eigenvalue weighted by molar-refractivity contribution is 0.618. The summed E-state index contributed by atoms with van der Waals surface area (Å²) in [6.45, 7) is 0. The van der Waals surface area contributed by atoms with Crippen LogP contribution in [0.2, 0.25) is 0 Å². The van der Waals surface area contributed by atoms with Crippen molar-refractivity contribution in [1.29, 1.82) is 0 Å². The SMILES string of the molecule is Cn1cc(SCc2c(N)cccc2F)cn1. The minimum Gasteiger partial charge on any atom is -0.398 e. The van der Waals surface area contributed by atoms with Crippen molar-refractivity contribution in [3.8, 4) is 0 Å². The maximum absolute atomic E-state index is 13.4. The molecule has 2 aromatic rings. The Morgan fingerprint density at radius 3 is 2.94 bits per heavy atom. The second-order valence-corrected chi connectivity index (χ2v) is 4.49. The van der Waals surface area contributed by atoms with Crippen molar-refractivity contribution in [2.45, 2.75) is 10.6 Å². The zero-order chi connectivity index (χ0) is 11.5. The first-order valence-electron chi connectivity index (χ1n) is 4.81. The molecule has 0 bridgehead atoms. The maximum Gasteiger partial charge on any atom is 0.129 e. The van der Waals surface area contributed by atoms with Crippen LogP contribution in [-0.2, 0) is 12.8 Å². The minimum atomic E-state index is -0.253. The molecular weight excluding hydrogens is 225 g/mol. The summed E-state index contributed by atoms with van der Waals surface area (Å²) in [6.07, 6.45) is 3.64. The fraction of sp³-hybridized carbons (Fsp3) is 0.182. The fourth-order valence-electron chi connectivity index (χ4n) is 1.36. The average molecular weight is 237 g/mol. The molecular formula is C11H12FN3S. The standard InChI is InChI=1S/C11H12FN3S/c1-15-6-8(5-14-15)16-7-9-10(12)3-2-4-11(9)13/h2-6H,7,13H2,1H3. The van der Waals surface area contributed by atoms with E-state index < -0.39 is 0 Å². The number of aromatic nitrogens is 2. The zero-order valence-electron chi connectivity index (χ0n) is 8.85. The highest BCUT2D eigenvalue weighted by Gasteiger charge is 2.07. The first-order valence-corrected chi connectivity index (χ1v) is 5.79. The molecule has 2 N–H and O–H groups in total. The van der Waals surface area contributed by atoms with E-state index in [1.54, 1.807) is 23.0 Å². The highest BCUT2D eigenvalue weighted by Crippen LogP contribution is 2.26. The van der Waals surface area contributed by atoms with Gasteiger partial charge < -0.3 is 5.73 Å². The third-order valence-electron chi connectivity index (χ3n) is 2.22. The van der Waals surface area contributed by atoms with Crippen LogP contribution in [0.25, 0.3) is 0 Å². The number of nitrogens with two attached hydrogens (primary N) is 1. The van der Waals surface area contributed by atoms with Crippen molar-refractivity contribution in [3.63, 3.8) is 0 Å². The van der Waals surface area contributed by atoms with Gasteiger partial charge in [-0.05, 0) is 12.1 Å². The van der Waals surface area contributed by atoms with Gasteiger partial charge in [-0.2, -0.15) is 5.10 Å². The molecule has 0 amide bonds. The van der Waals surface area contributed by atoms with E-state index in [0.29, 0.717) is 17.0 Å². The van der Waals surface area contributed by atoms with Crippen LogP contribution in [0.3, 0.4) is 0 Å². The molecule has 0 atom stereocenters. The molecule has 1 aromatic carbocycles. The van der Waals surface area contributed by atoms with Gasteiger partial charge in [-0.25, -0.2) is 4.39 Å². The molecule has 0 aliphatic heterocycles. The number of nitrogens with zero attached hydrogens (tertiary/aromatic N) is 2. The predicted octanol–water partition coefficient (Wildman–Crippen LogP) is 2.43. The largest absolute Gasteiger partial charge is 0.398 e. The highest BCUT2D eigenvalue weighted by atomic mass is 32.2. The molecule has 0 aliphatic rings. The topological polar surface area (TPSA) is 43.8 Å². The predicted molar refractivity (Wildman–Crippen MR) is 63.6 cm³/mol. The van der Waals surface area contributed by atoms with Gasteiger partial charge in [-0.1, -0.05) is 6.07 Å². The maximum atomic E-state index is 13.4. The number of anilines is 1. The monoisotopic (exact) mass is 237 g/mol. The number of hydrogen-bond acceptors (Lipinski definition) is 3. The van der Waals surface area contributed by atoms with Gasteiger partial charge in [0.25, 0.3) is 0 Å². The lowest BCUT2D eigenvalue weighted by Crippen LogP contribution is -1.95. The summed E-state index contributed by atoms with van der Waals surface area (Å²) in [5, 5.41) is 4.04. The fourth-order valence-corrected chi connectivity index (χ4v) is 2.32. The molecule has 3 nitrogen and oxygen atoms in total. The lowest BCUT2D eigenvalue weighted by Gasteiger charge is -2.05. The molecule has 0 unspecified atom stereocenters. The molecule has 0 saturated carbocycles.